The molecule has 2 N–H and O–H groups in total. The molecule has 2 rings (SSSR count). The molecule has 0 atom stereocenters. The minimum atomic E-state index is 0.370. The van der Waals surface area contributed by atoms with Crippen LogP contribution in [0.1, 0.15) is 61.5 Å². The lowest BCUT2D eigenvalue weighted by Crippen LogP contribution is -2.44. The molecular weight excluding hydrogens is 344 g/mol. The van der Waals surface area contributed by atoms with E-state index in [0.29, 0.717) is 5.41 Å². The predicted molar refractivity (Wildman–Crippen MR) is 111 cm³/mol. The summed E-state index contributed by atoms with van der Waals surface area (Å²) in [6.07, 6.45) is 8.37. The van der Waals surface area contributed by atoms with Crippen LogP contribution in [0.3, 0.4) is 0 Å². The number of ether oxygens (including phenoxy) is 1. The highest BCUT2D eigenvalue weighted by atomic mass is 32.1. The maximum absolute atomic E-state index is 5.61. The zero-order valence-corrected chi connectivity index (χ0v) is 17.8. The van der Waals surface area contributed by atoms with Gasteiger partial charge in [0.15, 0.2) is 5.96 Å². The lowest BCUT2D eigenvalue weighted by Gasteiger charge is -2.30. The van der Waals surface area contributed by atoms with Gasteiger partial charge in [-0.1, -0.05) is 19.8 Å². The molecule has 5 nitrogen and oxygen atoms in total. The van der Waals surface area contributed by atoms with Crippen molar-refractivity contribution in [2.75, 3.05) is 33.4 Å². The average Bonchev–Trinajstić information content (AvgIpc) is 3.25. The van der Waals surface area contributed by atoms with E-state index in [1.54, 1.807) is 0 Å². The second-order valence-electron chi connectivity index (χ2n) is 7.22. The van der Waals surface area contributed by atoms with Crippen LogP contribution < -0.4 is 10.6 Å². The van der Waals surface area contributed by atoms with E-state index in [2.05, 4.69) is 36.4 Å². The largest absolute Gasteiger partial charge is 0.382 e. The highest BCUT2D eigenvalue weighted by Gasteiger charge is 2.33. The molecule has 148 valence electrons. The third kappa shape index (κ3) is 6.23. The molecule has 1 aliphatic carbocycles. The summed E-state index contributed by atoms with van der Waals surface area (Å²) in [5.41, 5.74) is 1.61. The first-order valence-electron chi connectivity index (χ1n) is 10.1. The Hall–Kier alpha value is -1.14. The predicted octanol–water partition coefficient (Wildman–Crippen LogP) is 3.71. The number of thiazole rings is 1. The topological polar surface area (TPSA) is 58.5 Å². The van der Waals surface area contributed by atoms with E-state index in [1.165, 1.54) is 41.3 Å². The van der Waals surface area contributed by atoms with Gasteiger partial charge < -0.3 is 15.4 Å². The van der Waals surface area contributed by atoms with E-state index in [4.69, 9.17) is 9.72 Å². The van der Waals surface area contributed by atoms with Crippen LogP contribution in [0.15, 0.2) is 4.99 Å². The monoisotopic (exact) mass is 380 g/mol. The van der Waals surface area contributed by atoms with Gasteiger partial charge in [-0.25, -0.2) is 4.98 Å². The van der Waals surface area contributed by atoms with Gasteiger partial charge in [-0.05, 0) is 44.9 Å². The van der Waals surface area contributed by atoms with Gasteiger partial charge in [0.05, 0.1) is 10.7 Å². The molecule has 1 aromatic heterocycles. The van der Waals surface area contributed by atoms with Crippen molar-refractivity contribution in [3.8, 4) is 0 Å². The standard InChI is InChI=1S/C20H36N4OS/c1-5-17-16(3)26-18(24-17)9-13-22-19(21-4)23-15-20(10-7-8-11-20)12-14-25-6-2/h5-15H2,1-4H3,(H2,21,22,23). The van der Waals surface area contributed by atoms with Gasteiger partial charge in [-0.3, -0.25) is 4.99 Å². The number of hydrogen-bond acceptors (Lipinski definition) is 4. The molecule has 26 heavy (non-hydrogen) atoms. The highest BCUT2D eigenvalue weighted by molar-refractivity contribution is 7.11. The number of nitrogens with one attached hydrogen (secondary N) is 2. The summed E-state index contributed by atoms with van der Waals surface area (Å²) in [5, 5.41) is 8.22. The number of nitrogens with zero attached hydrogens (tertiary/aromatic N) is 2. The lowest BCUT2D eigenvalue weighted by atomic mass is 9.83. The van der Waals surface area contributed by atoms with Crippen LogP contribution >= 0.6 is 11.3 Å². The zero-order chi connectivity index (χ0) is 18.8. The fourth-order valence-corrected chi connectivity index (χ4v) is 4.80. The number of aliphatic imine (C=N–C) groups is 1. The van der Waals surface area contributed by atoms with Gasteiger partial charge in [0.1, 0.15) is 0 Å². The molecule has 1 aliphatic rings. The van der Waals surface area contributed by atoms with E-state index >= 15 is 0 Å². The second kappa shape index (κ2) is 10.9. The normalized spacial score (nSPS) is 16.8. The summed E-state index contributed by atoms with van der Waals surface area (Å²) in [6, 6.07) is 0. The van der Waals surface area contributed by atoms with Crippen molar-refractivity contribution in [3.05, 3.63) is 15.6 Å². The average molecular weight is 381 g/mol. The van der Waals surface area contributed by atoms with Crippen LogP contribution in [-0.2, 0) is 17.6 Å². The molecule has 0 spiro atoms. The molecule has 0 bridgehead atoms. The Balaban J connectivity index is 1.77. The Morgan fingerprint density at radius 2 is 2.04 bits per heavy atom. The minimum absolute atomic E-state index is 0.370. The Labute approximate surface area is 163 Å². The number of hydrogen-bond donors (Lipinski definition) is 2. The van der Waals surface area contributed by atoms with Gasteiger partial charge in [0.2, 0.25) is 0 Å². The molecule has 0 saturated heterocycles. The molecule has 0 aromatic carbocycles. The molecule has 1 aromatic rings. The molecule has 0 radical (unpaired) electrons. The first-order valence-corrected chi connectivity index (χ1v) is 10.9. The van der Waals surface area contributed by atoms with Crippen LogP contribution in [-0.4, -0.2) is 44.3 Å². The first-order chi connectivity index (χ1) is 12.6. The highest BCUT2D eigenvalue weighted by Crippen LogP contribution is 2.40. The summed E-state index contributed by atoms with van der Waals surface area (Å²) in [5.74, 6) is 0.900. The van der Waals surface area contributed by atoms with Gasteiger partial charge in [-0.2, -0.15) is 0 Å². The Morgan fingerprint density at radius 3 is 2.65 bits per heavy atom. The molecular formula is C20H36N4OS. The van der Waals surface area contributed by atoms with E-state index < -0.39 is 0 Å². The van der Waals surface area contributed by atoms with Gasteiger partial charge in [0.25, 0.3) is 0 Å². The minimum Gasteiger partial charge on any atom is -0.382 e. The van der Waals surface area contributed by atoms with Crippen molar-refractivity contribution in [2.24, 2.45) is 10.4 Å². The van der Waals surface area contributed by atoms with Crippen molar-refractivity contribution in [1.82, 2.24) is 15.6 Å². The van der Waals surface area contributed by atoms with Crippen LogP contribution in [0, 0.1) is 12.3 Å². The van der Waals surface area contributed by atoms with Crippen LogP contribution in [0.2, 0.25) is 0 Å². The Kier molecular flexibility index (Phi) is 8.85. The van der Waals surface area contributed by atoms with Gasteiger partial charge in [0, 0.05) is 44.6 Å². The molecule has 6 heteroatoms. The Bertz CT molecular complexity index is 564. The summed E-state index contributed by atoms with van der Waals surface area (Å²) < 4.78 is 5.61. The number of rotatable bonds is 10. The van der Waals surface area contributed by atoms with Crippen molar-refractivity contribution in [2.45, 2.75) is 65.7 Å². The summed E-state index contributed by atoms with van der Waals surface area (Å²) in [4.78, 5) is 10.5. The fraction of sp³-hybridized carbons (Fsp3) is 0.800. The number of aromatic nitrogens is 1. The van der Waals surface area contributed by atoms with Crippen LogP contribution in [0.4, 0.5) is 0 Å². The summed E-state index contributed by atoms with van der Waals surface area (Å²) >= 11 is 1.82. The number of guanidine groups is 1. The Morgan fingerprint density at radius 1 is 1.27 bits per heavy atom. The van der Waals surface area contributed by atoms with E-state index in [9.17, 15) is 0 Å². The molecule has 0 amide bonds. The summed E-state index contributed by atoms with van der Waals surface area (Å²) in [7, 11) is 1.85. The van der Waals surface area contributed by atoms with Crippen molar-refractivity contribution in [3.63, 3.8) is 0 Å². The lowest BCUT2D eigenvalue weighted by molar-refractivity contribution is 0.105. The van der Waals surface area contributed by atoms with E-state index in [-0.39, 0.29) is 0 Å². The van der Waals surface area contributed by atoms with E-state index in [0.717, 1.165) is 51.5 Å². The molecule has 1 saturated carbocycles. The molecule has 0 unspecified atom stereocenters. The van der Waals surface area contributed by atoms with Crippen molar-refractivity contribution < 1.29 is 4.74 Å². The summed E-state index contributed by atoms with van der Waals surface area (Å²) in [6.45, 7) is 9.92. The maximum Gasteiger partial charge on any atom is 0.191 e. The van der Waals surface area contributed by atoms with Crippen LogP contribution in [0.25, 0.3) is 0 Å². The SMILES string of the molecule is CCOCCC1(CNC(=NC)NCCc2nc(CC)c(C)s2)CCCC1. The number of aryl methyl sites for hydroxylation is 2. The van der Waals surface area contributed by atoms with E-state index in [1.807, 2.05) is 18.4 Å². The maximum atomic E-state index is 5.61. The van der Waals surface area contributed by atoms with Crippen molar-refractivity contribution in [1.29, 1.82) is 0 Å². The molecule has 1 fully saturated rings. The van der Waals surface area contributed by atoms with Crippen LogP contribution in [0.5, 0.6) is 0 Å². The third-order valence-electron chi connectivity index (χ3n) is 5.40. The third-order valence-corrected chi connectivity index (χ3v) is 6.48. The second-order valence-corrected chi connectivity index (χ2v) is 8.51. The molecule has 1 heterocycles. The zero-order valence-electron chi connectivity index (χ0n) is 17.0. The smallest absolute Gasteiger partial charge is 0.191 e. The van der Waals surface area contributed by atoms with Gasteiger partial charge >= 0.3 is 0 Å². The first kappa shape index (κ1) is 21.2. The fourth-order valence-electron chi connectivity index (χ4n) is 3.78. The van der Waals surface area contributed by atoms with Crippen molar-refractivity contribution >= 4 is 17.3 Å². The van der Waals surface area contributed by atoms with Gasteiger partial charge in [-0.15, -0.1) is 11.3 Å². The molecule has 0 aliphatic heterocycles. The quantitative estimate of drug-likeness (QED) is 0.369.